The van der Waals surface area contributed by atoms with E-state index < -0.39 is 0 Å². The number of aryl methyl sites for hydroxylation is 1. The predicted molar refractivity (Wildman–Crippen MR) is 119 cm³/mol. The molecule has 1 aromatic carbocycles. The van der Waals surface area contributed by atoms with Crippen molar-refractivity contribution in [2.45, 2.75) is 51.7 Å². The Hall–Kier alpha value is -2.96. The predicted octanol–water partition coefficient (Wildman–Crippen LogP) is 3.47. The molecule has 1 saturated carbocycles. The summed E-state index contributed by atoms with van der Waals surface area (Å²) in [5.74, 6) is 0.582. The number of nitrogens with zero attached hydrogens (tertiary/aromatic N) is 3. The highest BCUT2D eigenvalue weighted by atomic mass is 16.5. The van der Waals surface area contributed by atoms with Crippen LogP contribution in [0.1, 0.15) is 49.2 Å². The van der Waals surface area contributed by atoms with E-state index in [2.05, 4.69) is 0 Å². The topological polar surface area (TPSA) is 64.0 Å². The molecule has 0 radical (unpaired) electrons. The van der Waals surface area contributed by atoms with Crippen molar-refractivity contribution in [1.82, 2.24) is 14.4 Å². The number of carbonyl (C=O) groups is 2. The normalized spacial score (nSPS) is 14.1. The number of amides is 2. The van der Waals surface area contributed by atoms with E-state index in [-0.39, 0.29) is 30.4 Å². The summed E-state index contributed by atoms with van der Waals surface area (Å²) >= 11 is 0. The van der Waals surface area contributed by atoms with Gasteiger partial charge < -0.3 is 23.8 Å². The molecular formula is C24H33N3O4. The summed E-state index contributed by atoms with van der Waals surface area (Å²) in [6, 6.07) is 9.39. The molecule has 1 heterocycles. The highest BCUT2D eigenvalue weighted by molar-refractivity contribution is 6.01. The number of methoxy groups -OCH3 is 2. The van der Waals surface area contributed by atoms with Gasteiger partial charge in [0.2, 0.25) is 5.91 Å². The van der Waals surface area contributed by atoms with E-state index in [4.69, 9.17) is 9.47 Å². The average molecular weight is 428 g/mol. The van der Waals surface area contributed by atoms with E-state index in [9.17, 15) is 9.59 Å². The van der Waals surface area contributed by atoms with Gasteiger partial charge in [-0.25, -0.2) is 0 Å². The lowest BCUT2D eigenvalue weighted by molar-refractivity contribution is -0.133. The van der Waals surface area contributed by atoms with Crippen LogP contribution in [0.5, 0.6) is 11.5 Å². The van der Waals surface area contributed by atoms with Gasteiger partial charge in [0, 0.05) is 31.0 Å². The van der Waals surface area contributed by atoms with Gasteiger partial charge in [-0.3, -0.25) is 9.59 Å². The average Bonchev–Trinajstić information content (AvgIpc) is 3.55. The fourth-order valence-electron chi connectivity index (χ4n) is 3.73. The van der Waals surface area contributed by atoms with Gasteiger partial charge in [0.05, 0.1) is 20.8 Å². The van der Waals surface area contributed by atoms with Crippen LogP contribution in [-0.4, -0.2) is 59.0 Å². The highest BCUT2D eigenvalue weighted by Crippen LogP contribution is 2.32. The van der Waals surface area contributed by atoms with E-state index in [0.717, 1.165) is 25.0 Å². The van der Waals surface area contributed by atoms with Crippen molar-refractivity contribution >= 4 is 11.8 Å². The second kappa shape index (κ2) is 9.90. The fourth-order valence-corrected chi connectivity index (χ4v) is 3.73. The monoisotopic (exact) mass is 427 g/mol. The third-order valence-corrected chi connectivity index (χ3v) is 6.02. The van der Waals surface area contributed by atoms with Crippen molar-refractivity contribution in [3.63, 3.8) is 0 Å². The van der Waals surface area contributed by atoms with E-state index in [0.29, 0.717) is 23.6 Å². The van der Waals surface area contributed by atoms with Crippen molar-refractivity contribution in [2.24, 2.45) is 7.05 Å². The molecule has 0 saturated heterocycles. The van der Waals surface area contributed by atoms with Crippen LogP contribution in [0.25, 0.3) is 0 Å². The Kier molecular flexibility index (Phi) is 7.25. The first-order valence-electron chi connectivity index (χ1n) is 10.8. The molecule has 7 heteroatoms. The van der Waals surface area contributed by atoms with Crippen LogP contribution < -0.4 is 9.47 Å². The molecule has 31 heavy (non-hydrogen) atoms. The SMILES string of the molecule is CCC(C)N(CC(=O)N(Cc1cccn1C)C1CC1)C(=O)c1c(OC)cccc1OC. The minimum absolute atomic E-state index is 0.0238. The molecule has 1 unspecified atom stereocenters. The summed E-state index contributed by atoms with van der Waals surface area (Å²) in [6.07, 6.45) is 4.73. The third-order valence-electron chi connectivity index (χ3n) is 6.02. The zero-order valence-corrected chi connectivity index (χ0v) is 19.1. The molecule has 168 valence electrons. The van der Waals surface area contributed by atoms with E-state index >= 15 is 0 Å². The minimum atomic E-state index is -0.258. The molecule has 2 amide bonds. The molecule has 0 spiro atoms. The summed E-state index contributed by atoms with van der Waals surface area (Å²) in [6.45, 7) is 4.55. The van der Waals surface area contributed by atoms with Gasteiger partial charge >= 0.3 is 0 Å². The van der Waals surface area contributed by atoms with Crippen LogP contribution >= 0.6 is 0 Å². The first-order chi connectivity index (χ1) is 14.9. The molecule has 0 aliphatic heterocycles. The van der Waals surface area contributed by atoms with Gasteiger partial charge in [0.25, 0.3) is 5.91 Å². The molecule has 1 aromatic heterocycles. The van der Waals surface area contributed by atoms with Gasteiger partial charge in [-0.2, -0.15) is 0 Å². The van der Waals surface area contributed by atoms with Gasteiger partial charge in [0.1, 0.15) is 23.6 Å². The number of aromatic nitrogens is 1. The van der Waals surface area contributed by atoms with Crippen LogP contribution in [0.4, 0.5) is 0 Å². The van der Waals surface area contributed by atoms with Gasteiger partial charge in [-0.15, -0.1) is 0 Å². The lowest BCUT2D eigenvalue weighted by atomic mass is 10.1. The Morgan fingerprint density at radius 1 is 1.13 bits per heavy atom. The summed E-state index contributed by atoms with van der Waals surface area (Å²) < 4.78 is 12.9. The molecular weight excluding hydrogens is 394 g/mol. The fraction of sp³-hybridized carbons (Fsp3) is 0.500. The highest BCUT2D eigenvalue weighted by Gasteiger charge is 2.36. The van der Waals surface area contributed by atoms with Crippen molar-refractivity contribution in [3.05, 3.63) is 47.8 Å². The van der Waals surface area contributed by atoms with Crippen LogP contribution in [0.15, 0.2) is 36.5 Å². The Balaban J connectivity index is 1.87. The number of hydrogen-bond donors (Lipinski definition) is 0. The lowest BCUT2D eigenvalue weighted by Crippen LogP contribution is -2.47. The Bertz CT molecular complexity index is 897. The number of carbonyl (C=O) groups excluding carboxylic acids is 2. The standard InChI is InChI=1S/C24H33N3O4/c1-6-17(2)26(24(29)23-20(30-4)10-7-11-21(23)31-5)16-22(28)27(18-12-13-18)15-19-9-8-14-25(19)3/h7-11,14,17-18H,6,12-13,15-16H2,1-5H3. The van der Waals surface area contributed by atoms with Crippen LogP contribution in [0.3, 0.4) is 0 Å². The summed E-state index contributed by atoms with van der Waals surface area (Å²) in [5, 5.41) is 0. The second-order valence-electron chi connectivity index (χ2n) is 8.09. The maximum absolute atomic E-state index is 13.6. The largest absolute Gasteiger partial charge is 0.496 e. The first-order valence-corrected chi connectivity index (χ1v) is 10.8. The lowest BCUT2D eigenvalue weighted by Gasteiger charge is -2.32. The molecule has 3 rings (SSSR count). The molecule has 1 atom stereocenters. The van der Waals surface area contributed by atoms with Gasteiger partial charge in [0.15, 0.2) is 0 Å². The van der Waals surface area contributed by atoms with Crippen LogP contribution in [0, 0.1) is 0 Å². The minimum Gasteiger partial charge on any atom is -0.496 e. The number of benzene rings is 1. The molecule has 7 nitrogen and oxygen atoms in total. The Labute approximate surface area is 184 Å². The molecule has 2 aromatic rings. The summed E-state index contributed by atoms with van der Waals surface area (Å²) in [7, 11) is 5.03. The van der Waals surface area contributed by atoms with Crippen molar-refractivity contribution < 1.29 is 19.1 Å². The van der Waals surface area contributed by atoms with Crippen molar-refractivity contribution in [1.29, 1.82) is 0 Å². The van der Waals surface area contributed by atoms with E-state index in [1.54, 1.807) is 23.1 Å². The smallest absolute Gasteiger partial charge is 0.262 e. The molecule has 0 N–H and O–H groups in total. The zero-order chi connectivity index (χ0) is 22.5. The molecule has 1 aliphatic carbocycles. The van der Waals surface area contributed by atoms with Crippen LogP contribution in [-0.2, 0) is 18.4 Å². The van der Waals surface area contributed by atoms with Crippen molar-refractivity contribution in [3.8, 4) is 11.5 Å². The van der Waals surface area contributed by atoms with E-state index in [1.165, 1.54) is 14.2 Å². The van der Waals surface area contributed by atoms with Gasteiger partial charge in [-0.05, 0) is 50.5 Å². The zero-order valence-electron chi connectivity index (χ0n) is 19.1. The Morgan fingerprint density at radius 3 is 2.26 bits per heavy atom. The first kappa shape index (κ1) is 22.7. The molecule has 1 aliphatic rings. The molecule has 0 bridgehead atoms. The number of hydrogen-bond acceptors (Lipinski definition) is 4. The summed E-state index contributed by atoms with van der Waals surface area (Å²) in [4.78, 5) is 30.6. The Morgan fingerprint density at radius 2 is 1.77 bits per heavy atom. The second-order valence-corrected chi connectivity index (χ2v) is 8.09. The third kappa shape index (κ3) is 5.03. The molecule has 1 fully saturated rings. The summed E-state index contributed by atoms with van der Waals surface area (Å²) in [5.41, 5.74) is 1.43. The quantitative estimate of drug-likeness (QED) is 0.582. The number of ether oxygens (including phenoxy) is 2. The van der Waals surface area contributed by atoms with Crippen LogP contribution in [0.2, 0.25) is 0 Å². The van der Waals surface area contributed by atoms with Gasteiger partial charge in [-0.1, -0.05) is 13.0 Å². The maximum atomic E-state index is 13.6. The van der Waals surface area contributed by atoms with Crippen molar-refractivity contribution in [2.75, 3.05) is 20.8 Å². The number of rotatable bonds is 10. The maximum Gasteiger partial charge on any atom is 0.262 e. The van der Waals surface area contributed by atoms with E-state index in [1.807, 2.05) is 48.7 Å².